The van der Waals surface area contributed by atoms with Crippen molar-refractivity contribution in [2.24, 2.45) is 0 Å². The highest BCUT2D eigenvalue weighted by Gasteiger charge is 2.19. The number of rotatable bonds is 9. The molecule has 0 N–H and O–H groups in total. The Labute approximate surface area is 104 Å². The maximum absolute atomic E-state index is 11.3. The second-order valence-electron chi connectivity index (χ2n) is 3.73. The molecule has 1 amide bonds. The standard InChI is InChI=1S/C11H22NO4P/c1-3-14-17(15-4-2)16-10-6-9-12-8-5-7-11(12)13/h3-10H2,1-2H3. The van der Waals surface area contributed by atoms with Gasteiger partial charge in [-0.2, -0.15) is 0 Å². The zero-order valence-corrected chi connectivity index (χ0v) is 11.6. The van der Waals surface area contributed by atoms with Gasteiger partial charge in [0.2, 0.25) is 5.91 Å². The lowest BCUT2D eigenvalue weighted by molar-refractivity contribution is -0.127. The summed E-state index contributed by atoms with van der Waals surface area (Å²) in [6.45, 7) is 7.27. The third-order valence-electron chi connectivity index (χ3n) is 2.41. The van der Waals surface area contributed by atoms with Crippen molar-refractivity contribution in [3.63, 3.8) is 0 Å². The van der Waals surface area contributed by atoms with E-state index in [1.807, 2.05) is 18.7 Å². The predicted octanol–water partition coefficient (Wildman–Crippen LogP) is 2.32. The third kappa shape index (κ3) is 5.77. The summed E-state index contributed by atoms with van der Waals surface area (Å²) in [5.41, 5.74) is 0. The van der Waals surface area contributed by atoms with Gasteiger partial charge < -0.3 is 18.5 Å². The molecule has 0 aromatic carbocycles. The van der Waals surface area contributed by atoms with Crippen LogP contribution < -0.4 is 0 Å². The average Bonchev–Trinajstić information content (AvgIpc) is 2.71. The highest BCUT2D eigenvalue weighted by molar-refractivity contribution is 7.41. The molecule has 1 heterocycles. The fourth-order valence-corrected chi connectivity index (χ4v) is 2.58. The fraction of sp³-hybridized carbons (Fsp3) is 0.909. The van der Waals surface area contributed by atoms with Gasteiger partial charge in [0.25, 0.3) is 0 Å². The highest BCUT2D eigenvalue weighted by atomic mass is 31.2. The van der Waals surface area contributed by atoms with Crippen molar-refractivity contribution >= 4 is 14.5 Å². The minimum atomic E-state index is -1.20. The fourth-order valence-electron chi connectivity index (χ4n) is 1.66. The minimum absolute atomic E-state index is 0.266. The van der Waals surface area contributed by atoms with Crippen LogP contribution >= 0.6 is 8.60 Å². The first kappa shape index (κ1) is 14.8. The third-order valence-corrected chi connectivity index (χ3v) is 3.74. The van der Waals surface area contributed by atoms with Crippen LogP contribution in [0.5, 0.6) is 0 Å². The van der Waals surface area contributed by atoms with Gasteiger partial charge in [0.15, 0.2) is 0 Å². The summed E-state index contributed by atoms with van der Waals surface area (Å²) >= 11 is 0. The Hall–Kier alpha value is -0.220. The average molecular weight is 263 g/mol. The van der Waals surface area contributed by atoms with Crippen LogP contribution in [0.1, 0.15) is 33.1 Å². The van der Waals surface area contributed by atoms with Gasteiger partial charge in [-0.05, 0) is 26.7 Å². The minimum Gasteiger partial charge on any atom is -0.343 e. The van der Waals surface area contributed by atoms with Gasteiger partial charge in [0.1, 0.15) is 0 Å². The van der Waals surface area contributed by atoms with Crippen molar-refractivity contribution in [2.45, 2.75) is 33.1 Å². The molecule has 0 aliphatic carbocycles. The van der Waals surface area contributed by atoms with Crippen LogP contribution in [-0.4, -0.2) is 43.7 Å². The Bertz CT molecular complexity index is 222. The van der Waals surface area contributed by atoms with E-state index in [9.17, 15) is 4.79 Å². The second-order valence-corrected chi connectivity index (χ2v) is 4.95. The summed E-state index contributed by atoms with van der Waals surface area (Å²) in [6, 6.07) is 0. The molecular weight excluding hydrogens is 241 g/mol. The Kier molecular flexibility index (Phi) is 7.69. The zero-order chi connectivity index (χ0) is 12.5. The molecule has 1 aliphatic rings. The number of amides is 1. The molecule has 0 unspecified atom stereocenters. The molecule has 1 aliphatic heterocycles. The molecule has 0 radical (unpaired) electrons. The van der Waals surface area contributed by atoms with Gasteiger partial charge in [-0.15, -0.1) is 0 Å². The second kappa shape index (κ2) is 8.81. The Balaban J connectivity index is 2.07. The van der Waals surface area contributed by atoms with Crippen molar-refractivity contribution < 1.29 is 18.4 Å². The maximum atomic E-state index is 11.3. The van der Waals surface area contributed by atoms with Crippen LogP contribution in [0.25, 0.3) is 0 Å². The van der Waals surface area contributed by atoms with Crippen molar-refractivity contribution in [3.8, 4) is 0 Å². The van der Waals surface area contributed by atoms with Crippen molar-refractivity contribution in [3.05, 3.63) is 0 Å². The zero-order valence-electron chi connectivity index (χ0n) is 10.7. The molecule has 6 heteroatoms. The quantitative estimate of drug-likeness (QED) is 0.473. The molecule has 0 atom stereocenters. The van der Waals surface area contributed by atoms with E-state index in [1.54, 1.807) is 0 Å². The molecule has 17 heavy (non-hydrogen) atoms. The lowest BCUT2D eigenvalue weighted by Crippen LogP contribution is -2.26. The molecule has 0 bridgehead atoms. The largest absolute Gasteiger partial charge is 0.343 e. The van der Waals surface area contributed by atoms with E-state index in [1.165, 1.54) is 0 Å². The molecule has 0 aromatic rings. The van der Waals surface area contributed by atoms with E-state index in [0.717, 1.165) is 25.9 Å². The highest BCUT2D eigenvalue weighted by Crippen LogP contribution is 2.39. The van der Waals surface area contributed by atoms with Gasteiger partial charge in [-0.25, -0.2) is 0 Å². The first-order chi connectivity index (χ1) is 8.27. The van der Waals surface area contributed by atoms with Crippen molar-refractivity contribution in [1.82, 2.24) is 4.90 Å². The number of nitrogens with zero attached hydrogens (tertiary/aromatic N) is 1. The van der Waals surface area contributed by atoms with Gasteiger partial charge in [-0.3, -0.25) is 4.79 Å². The van der Waals surface area contributed by atoms with Gasteiger partial charge in [0, 0.05) is 19.5 Å². The SMILES string of the molecule is CCOP(OCC)OCCCN1CCCC1=O. The smallest absolute Gasteiger partial charge is 0.332 e. The molecular formula is C11H22NO4P. The molecule has 5 nitrogen and oxygen atoms in total. The lowest BCUT2D eigenvalue weighted by Gasteiger charge is -2.17. The molecule has 0 aromatic heterocycles. The summed E-state index contributed by atoms with van der Waals surface area (Å²) < 4.78 is 16.1. The van der Waals surface area contributed by atoms with Crippen LogP contribution in [0.2, 0.25) is 0 Å². The van der Waals surface area contributed by atoms with E-state index >= 15 is 0 Å². The number of carbonyl (C=O) groups is 1. The normalized spacial score (nSPS) is 16.2. The van der Waals surface area contributed by atoms with Gasteiger partial charge in [-0.1, -0.05) is 0 Å². The predicted molar refractivity (Wildman–Crippen MR) is 66.6 cm³/mol. The molecule has 1 rings (SSSR count). The van der Waals surface area contributed by atoms with Gasteiger partial charge in [0.05, 0.1) is 19.8 Å². The van der Waals surface area contributed by atoms with Crippen LogP contribution in [-0.2, 0) is 18.4 Å². The van der Waals surface area contributed by atoms with Crippen LogP contribution in [0.3, 0.4) is 0 Å². The Morgan fingerprint density at radius 3 is 2.47 bits per heavy atom. The van der Waals surface area contributed by atoms with E-state index in [0.29, 0.717) is 26.2 Å². The van der Waals surface area contributed by atoms with Crippen LogP contribution in [0.4, 0.5) is 0 Å². The molecule has 0 spiro atoms. The number of carbonyl (C=O) groups excluding carboxylic acids is 1. The molecule has 1 fully saturated rings. The number of hydrogen-bond donors (Lipinski definition) is 0. The topological polar surface area (TPSA) is 48.0 Å². The number of likely N-dealkylation sites (tertiary alicyclic amines) is 1. The van der Waals surface area contributed by atoms with Crippen molar-refractivity contribution in [1.29, 1.82) is 0 Å². The summed E-state index contributed by atoms with van der Waals surface area (Å²) in [7, 11) is -1.20. The summed E-state index contributed by atoms with van der Waals surface area (Å²) in [6.07, 6.45) is 2.53. The lowest BCUT2D eigenvalue weighted by atomic mass is 10.4. The maximum Gasteiger partial charge on any atom is 0.332 e. The van der Waals surface area contributed by atoms with Crippen molar-refractivity contribution in [2.75, 3.05) is 32.9 Å². The summed E-state index contributed by atoms with van der Waals surface area (Å²) in [5.74, 6) is 0.266. The summed E-state index contributed by atoms with van der Waals surface area (Å²) in [4.78, 5) is 13.2. The number of hydrogen-bond acceptors (Lipinski definition) is 4. The van der Waals surface area contributed by atoms with E-state index in [-0.39, 0.29) is 5.91 Å². The van der Waals surface area contributed by atoms with E-state index < -0.39 is 8.60 Å². The monoisotopic (exact) mass is 263 g/mol. The Morgan fingerprint density at radius 1 is 1.24 bits per heavy atom. The van der Waals surface area contributed by atoms with Gasteiger partial charge >= 0.3 is 8.60 Å². The molecule has 1 saturated heterocycles. The molecule has 0 saturated carbocycles. The Morgan fingerprint density at radius 2 is 1.94 bits per heavy atom. The van der Waals surface area contributed by atoms with E-state index in [4.69, 9.17) is 13.6 Å². The molecule has 100 valence electrons. The van der Waals surface area contributed by atoms with Crippen LogP contribution in [0, 0.1) is 0 Å². The van der Waals surface area contributed by atoms with Crippen LogP contribution in [0.15, 0.2) is 0 Å². The van der Waals surface area contributed by atoms with E-state index in [2.05, 4.69) is 0 Å². The first-order valence-corrected chi connectivity index (χ1v) is 7.34. The first-order valence-electron chi connectivity index (χ1n) is 6.24. The summed E-state index contributed by atoms with van der Waals surface area (Å²) in [5, 5.41) is 0.